The largest absolute Gasteiger partial charge is 0.394 e. The van der Waals surface area contributed by atoms with Gasteiger partial charge in [0, 0.05) is 0 Å². The zero-order valence-corrected chi connectivity index (χ0v) is 34.7. The van der Waals surface area contributed by atoms with Gasteiger partial charge in [-0.1, -0.05) is 224 Å². The molecule has 0 aromatic rings. The predicted octanol–water partition coefficient (Wildman–Crippen LogP) is 13.2. The molecular formula is C47H89NO4. The van der Waals surface area contributed by atoms with E-state index in [4.69, 9.17) is 0 Å². The minimum Gasteiger partial charge on any atom is -0.394 e. The monoisotopic (exact) mass is 732 g/mol. The van der Waals surface area contributed by atoms with Crippen LogP contribution in [0.4, 0.5) is 0 Å². The first kappa shape index (κ1) is 50.6. The van der Waals surface area contributed by atoms with Crippen LogP contribution in [-0.2, 0) is 4.79 Å². The van der Waals surface area contributed by atoms with Crippen LogP contribution in [0.1, 0.15) is 232 Å². The molecule has 0 spiro atoms. The van der Waals surface area contributed by atoms with Crippen molar-refractivity contribution in [3.63, 3.8) is 0 Å². The predicted molar refractivity (Wildman–Crippen MR) is 227 cm³/mol. The highest BCUT2D eigenvalue weighted by atomic mass is 16.3. The highest BCUT2D eigenvalue weighted by molar-refractivity contribution is 5.76. The molecule has 5 nitrogen and oxygen atoms in total. The first-order valence-corrected chi connectivity index (χ1v) is 22.8. The quantitative estimate of drug-likeness (QED) is 0.0372. The van der Waals surface area contributed by atoms with Crippen molar-refractivity contribution in [1.29, 1.82) is 0 Å². The maximum atomic E-state index is 12.4. The molecule has 306 valence electrons. The van der Waals surface area contributed by atoms with E-state index in [1.54, 1.807) is 6.08 Å². The highest BCUT2D eigenvalue weighted by Gasteiger charge is 2.20. The standard InChI is InChI=1S/C47H89NO4/c1-3-5-7-9-11-13-15-16-17-18-19-20-21-22-23-24-25-26-27-28-29-30-31-32-34-36-38-40-44(50)42-47(52)48-45(43-49)46(51)41-39-37-35-33-14-12-10-8-6-4-2/h6,8,14,33,39,41,44-46,49-51H,3-5,7,9-13,15-32,34-38,40,42-43H2,1-2H3,(H,48,52)/b8-6+,33-14+,41-39+. The number of carbonyl (C=O) groups is 1. The van der Waals surface area contributed by atoms with E-state index in [-0.39, 0.29) is 18.9 Å². The van der Waals surface area contributed by atoms with Crippen LogP contribution < -0.4 is 5.32 Å². The number of rotatable bonds is 41. The molecule has 1 amide bonds. The lowest BCUT2D eigenvalue weighted by molar-refractivity contribution is -0.124. The molecule has 0 rings (SSSR count). The topological polar surface area (TPSA) is 89.8 Å². The summed E-state index contributed by atoms with van der Waals surface area (Å²) in [6, 6.07) is -0.763. The van der Waals surface area contributed by atoms with Crippen LogP contribution in [0.2, 0.25) is 0 Å². The van der Waals surface area contributed by atoms with Crippen LogP contribution in [0, 0.1) is 0 Å². The summed E-state index contributed by atoms with van der Waals surface area (Å²) in [6.45, 7) is 4.08. The molecule has 5 heteroatoms. The minimum atomic E-state index is -0.956. The average molecular weight is 732 g/mol. The van der Waals surface area contributed by atoms with Gasteiger partial charge >= 0.3 is 0 Å². The van der Waals surface area contributed by atoms with Crippen molar-refractivity contribution in [2.45, 2.75) is 250 Å². The average Bonchev–Trinajstić information content (AvgIpc) is 3.14. The highest BCUT2D eigenvalue weighted by Crippen LogP contribution is 2.17. The lowest BCUT2D eigenvalue weighted by atomic mass is 10.0. The van der Waals surface area contributed by atoms with Crippen LogP contribution in [0.25, 0.3) is 0 Å². The maximum absolute atomic E-state index is 12.4. The maximum Gasteiger partial charge on any atom is 0.222 e. The number of nitrogens with one attached hydrogen (secondary N) is 1. The minimum absolute atomic E-state index is 0.00461. The van der Waals surface area contributed by atoms with E-state index < -0.39 is 18.2 Å². The molecule has 0 saturated heterocycles. The zero-order chi connectivity index (χ0) is 38.0. The molecule has 0 saturated carbocycles. The lowest BCUT2D eigenvalue weighted by Crippen LogP contribution is -2.45. The van der Waals surface area contributed by atoms with Gasteiger partial charge in [0.05, 0.1) is 31.3 Å². The smallest absolute Gasteiger partial charge is 0.222 e. The molecule has 0 fully saturated rings. The molecular weight excluding hydrogens is 643 g/mol. The number of carbonyl (C=O) groups excluding carboxylic acids is 1. The van der Waals surface area contributed by atoms with Gasteiger partial charge in [-0.3, -0.25) is 4.79 Å². The first-order valence-electron chi connectivity index (χ1n) is 22.8. The number of aliphatic hydroxyl groups excluding tert-OH is 3. The second-order valence-corrected chi connectivity index (χ2v) is 15.6. The summed E-state index contributed by atoms with van der Waals surface area (Å²) < 4.78 is 0. The van der Waals surface area contributed by atoms with Gasteiger partial charge in [-0.15, -0.1) is 0 Å². The molecule has 0 aliphatic heterocycles. The van der Waals surface area contributed by atoms with Gasteiger partial charge in [-0.2, -0.15) is 0 Å². The van der Waals surface area contributed by atoms with Crippen molar-refractivity contribution < 1.29 is 20.1 Å². The molecule has 3 unspecified atom stereocenters. The van der Waals surface area contributed by atoms with E-state index in [1.165, 1.54) is 161 Å². The van der Waals surface area contributed by atoms with Crippen LogP contribution in [-0.4, -0.2) is 46.1 Å². The number of amides is 1. The van der Waals surface area contributed by atoms with Gasteiger partial charge in [0.1, 0.15) is 0 Å². The van der Waals surface area contributed by atoms with Crippen molar-refractivity contribution in [2.75, 3.05) is 6.61 Å². The third kappa shape index (κ3) is 38.3. The summed E-state index contributed by atoms with van der Waals surface area (Å²) in [5, 5.41) is 33.1. The summed E-state index contributed by atoms with van der Waals surface area (Å²) in [7, 11) is 0. The fourth-order valence-corrected chi connectivity index (χ4v) is 6.97. The lowest BCUT2D eigenvalue weighted by Gasteiger charge is -2.21. The van der Waals surface area contributed by atoms with Gasteiger partial charge in [0.25, 0.3) is 0 Å². The van der Waals surface area contributed by atoms with E-state index in [0.29, 0.717) is 6.42 Å². The van der Waals surface area contributed by atoms with E-state index in [9.17, 15) is 20.1 Å². The molecule has 0 aromatic heterocycles. The Kier molecular flexibility index (Phi) is 41.1. The SMILES string of the molecule is CC/C=C/CC/C=C/CC/C=C/C(O)C(CO)NC(=O)CC(O)CCCCCCCCCCCCCCCCCCCCCCCCCCCCC. The van der Waals surface area contributed by atoms with Gasteiger partial charge in [0.15, 0.2) is 0 Å². The Morgan fingerprint density at radius 1 is 0.500 bits per heavy atom. The Bertz CT molecular complexity index is 809. The molecule has 0 bridgehead atoms. The van der Waals surface area contributed by atoms with E-state index in [0.717, 1.165) is 44.9 Å². The molecule has 3 atom stereocenters. The van der Waals surface area contributed by atoms with Crippen LogP contribution in [0.5, 0.6) is 0 Å². The first-order chi connectivity index (χ1) is 25.5. The molecule has 0 aromatic carbocycles. The normalized spacial score (nSPS) is 13.9. The van der Waals surface area contributed by atoms with Crippen LogP contribution in [0.15, 0.2) is 36.5 Å². The molecule has 0 aliphatic rings. The van der Waals surface area contributed by atoms with Crippen molar-refractivity contribution in [1.82, 2.24) is 5.32 Å². The van der Waals surface area contributed by atoms with Gasteiger partial charge in [-0.05, 0) is 38.5 Å². The summed E-state index contributed by atoms with van der Waals surface area (Å²) in [5.74, 6) is -0.330. The summed E-state index contributed by atoms with van der Waals surface area (Å²) in [6.07, 6.45) is 53.2. The van der Waals surface area contributed by atoms with Gasteiger partial charge < -0.3 is 20.6 Å². The van der Waals surface area contributed by atoms with Crippen molar-refractivity contribution in [3.05, 3.63) is 36.5 Å². The van der Waals surface area contributed by atoms with Gasteiger partial charge in [-0.25, -0.2) is 0 Å². The molecule has 52 heavy (non-hydrogen) atoms. The number of unbranched alkanes of at least 4 members (excludes halogenated alkanes) is 28. The third-order valence-corrected chi connectivity index (χ3v) is 10.4. The fourth-order valence-electron chi connectivity index (χ4n) is 6.97. The summed E-state index contributed by atoms with van der Waals surface area (Å²) in [5.41, 5.74) is 0. The number of allylic oxidation sites excluding steroid dienone is 5. The zero-order valence-electron chi connectivity index (χ0n) is 34.7. The second-order valence-electron chi connectivity index (χ2n) is 15.6. The Morgan fingerprint density at radius 2 is 0.846 bits per heavy atom. The van der Waals surface area contributed by atoms with Crippen LogP contribution in [0.3, 0.4) is 0 Å². The Morgan fingerprint density at radius 3 is 1.21 bits per heavy atom. The number of hydrogen-bond donors (Lipinski definition) is 4. The molecule has 0 heterocycles. The van der Waals surface area contributed by atoms with Crippen LogP contribution >= 0.6 is 0 Å². The van der Waals surface area contributed by atoms with Gasteiger partial charge in [0.2, 0.25) is 5.91 Å². The van der Waals surface area contributed by atoms with Crippen molar-refractivity contribution >= 4 is 5.91 Å². The summed E-state index contributed by atoms with van der Waals surface area (Å²) >= 11 is 0. The molecule has 0 aliphatic carbocycles. The fraction of sp³-hybridized carbons (Fsp3) is 0.851. The molecule has 4 N–H and O–H groups in total. The second kappa shape index (κ2) is 42.3. The van der Waals surface area contributed by atoms with E-state index in [2.05, 4.69) is 43.5 Å². The third-order valence-electron chi connectivity index (χ3n) is 10.4. The van der Waals surface area contributed by atoms with E-state index >= 15 is 0 Å². The van der Waals surface area contributed by atoms with Crippen molar-refractivity contribution in [3.8, 4) is 0 Å². The number of aliphatic hydroxyl groups is 3. The summed E-state index contributed by atoms with van der Waals surface area (Å²) in [4.78, 5) is 12.4. The Hall–Kier alpha value is -1.43. The Labute approximate surface area is 324 Å². The number of hydrogen-bond acceptors (Lipinski definition) is 4. The van der Waals surface area contributed by atoms with E-state index in [1.807, 2.05) is 6.08 Å². The molecule has 0 radical (unpaired) electrons. The Balaban J connectivity index is 3.52. The van der Waals surface area contributed by atoms with Crippen molar-refractivity contribution in [2.24, 2.45) is 0 Å².